The number of quaternary nitrogens is 1. The summed E-state index contributed by atoms with van der Waals surface area (Å²) in [5, 5.41) is 4.97. The zero-order chi connectivity index (χ0) is 17.6. The van der Waals surface area contributed by atoms with Crippen molar-refractivity contribution in [1.29, 1.82) is 0 Å². The van der Waals surface area contributed by atoms with Crippen molar-refractivity contribution in [3.63, 3.8) is 0 Å². The minimum atomic E-state index is -0.811. The Morgan fingerprint density at radius 1 is 1.22 bits per heavy atom. The number of rotatable bonds is 5. The van der Waals surface area contributed by atoms with Gasteiger partial charge in [-0.3, -0.25) is 14.9 Å². The molecule has 0 fully saturated rings. The number of anilines is 1. The van der Waals surface area contributed by atoms with E-state index in [1.807, 2.05) is 32.0 Å². The average Bonchev–Trinajstić information content (AvgIpc) is 2.49. The zero-order valence-electron chi connectivity index (χ0n) is 14.1. The molecule has 0 aliphatic heterocycles. The molecule has 0 aliphatic rings. The second kappa shape index (κ2) is 8.28. The summed E-state index contributed by atoms with van der Waals surface area (Å²) in [5.41, 5.74) is 2.75. The molecule has 1 unspecified atom stereocenters. The number of ether oxygens (including phenoxy) is 1. The summed E-state index contributed by atoms with van der Waals surface area (Å²) in [6.07, 6.45) is -0.811. The number of hydrogen-bond acceptors (Lipinski definition) is 4. The lowest BCUT2D eigenvalue weighted by Crippen LogP contribution is -3.15. The van der Waals surface area contributed by atoms with E-state index < -0.39 is 18.0 Å². The maximum Gasteiger partial charge on any atom is 0.413 e. The first kappa shape index (κ1) is 18.6. The fourth-order valence-corrected chi connectivity index (χ4v) is 2.09. The van der Waals surface area contributed by atoms with Crippen LogP contribution in [-0.4, -0.2) is 44.7 Å². The van der Waals surface area contributed by atoms with Crippen LogP contribution in [0.2, 0.25) is 0 Å². The zero-order valence-corrected chi connectivity index (χ0v) is 14.1. The second-order valence-electron chi connectivity index (χ2n) is 5.54. The third-order valence-electron chi connectivity index (χ3n) is 3.73. The lowest BCUT2D eigenvalue weighted by Gasteiger charge is -2.20. The van der Waals surface area contributed by atoms with E-state index in [1.165, 1.54) is 7.11 Å². The fraction of sp³-hybridized carbons (Fsp3) is 0.438. The van der Waals surface area contributed by atoms with E-state index in [-0.39, 0.29) is 12.5 Å². The summed E-state index contributed by atoms with van der Waals surface area (Å²) in [4.78, 5) is 35.7. The van der Waals surface area contributed by atoms with Crippen molar-refractivity contribution in [1.82, 2.24) is 5.32 Å². The number of aryl methyl sites for hydroxylation is 2. The monoisotopic (exact) mass is 322 g/mol. The predicted octanol–water partition coefficient (Wildman–Crippen LogP) is 0.0277. The molecule has 1 rings (SSSR count). The standard InChI is InChI=1S/C16H23N3O4/c1-10-7-6-8-11(2)14(10)17-13(20)9-19(4)12(3)15(21)18-16(22)23-5/h6-8,12H,9H2,1-5H3,(H,17,20)(H,18,21,22)/p+1/t12-/m1/s1. The third-order valence-corrected chi connectivity index (χ3v) is 3.73. The van der Waals surface area contributed by atoms with Crippen molar-refractivity contribution in [2.75, 3.05) is 26.0 Å². The lowest BCUT2D eigenvalue weighted by molar-refractivity contribution is -0.885. The first-order chi connectivity index (χ1) is 10.8. The van der Waals surface area contributed by atoms with Crippen molar-refractivity contribution in [3.05, 3.63) is 29.3 Å². The molecule has 0 saturated carbocycles. The molecule has 7 heteroatoms. The Labute approximate surface area is 136 Å². The lowest BCUT2D eigenvalue weighted by atomic mass is 10.1. The van der Waals surface area contributed by atoms with E-state index in [2.05, 4.69) is 15.4 Å². The van der Waals surface area contributed by atoms with Gasteiger partial charge in [0.25, 0.3) is 11.8 Å². The number of benzene rings is 1. The molecular weight excluding hydrogens is 298 g/mol. The predicted molar refractivity (Wildman–Crippen MR) is 86.3 cm³/mol. The Balaban J connectivity index is 2.63. The smallest absolute Gasteiger partial charge is 0.413 e. The van der Waals surface area contributed by atoms with Gasteiger partial charge in [-0.05, 0) is 31.9 Å². The first-order valence-electron chi connectivity index (χ1n) is 7.33. The van der Waals surface area contributed by atoms with Crippen molar-refractivity contribution < 1.29 is 24.0 Å². The molecule has 2 atom stereocenters. The normalized spacial score (nSPS) is 12.9. The number of nitrogens with one attached hydrogen (secondary N) is 3. The molecule has 3 amide bonds. The topological polar surface area (TPSA) is 88.9 Å². The van der Waals surface area contributed by atoms with Gasteiger partial charge in [0.15, 0.2) is 12.6 Å². The molecule has 0 aromatic heterocycles. The Morgan fingerprint density at radius 2 is 1.78 bits per heavy atom. The van der Waals surface area contributed by atoms with Crippen LogP contribution in [0.25, 0.3) is 0 Å². The van der Waals surface area contributed by atoms with Gasteiger partial charge < -0.3 is 15.0 Å². The molecule has 126 valence electrons. The molecule has 23 heavy (non-hydrogen) atoms. The summed E-state index contributed by atoms with van der Waals surface area (Å²) < 4.78 is 4.38. The van der Waals surface area contributed by atoms with Crippen LogP contribution in [0.3, 0.4) is 0 Å². The molecule has 0 aliphatic carbocycles. The highest BCUT2D eigenvalue weighted by atomic mass is 16.5. The Hall–Kier alpha value is -2.41. The Morgan fingerprint density at radius 3 is 2.30 bits per heavy atom. The SMILES string of the molecule is COC(=O)NC(=O)[C@@H](C)[NH+](C)CC(=O)Nc1c(C)cccc1C. The number of alkyl carbamates (subject to hydrolysis) is 1. The second-order valence-corrected chi connectivity index (χ2v) is 5.54. The van der Waals surface area contributed by atoms with Crippen molar-refractivity contribution >= 4 is 23.6 Å². The average molecular weight is 322 g/mol. The van der Waals surface area contributed by atoms with Crippen LogP contribution in [0.5, 0.6) is 0 Å². The highest BCUT2D eigenvalue weighted by Crippen LogP contribution is 2.18. The molecule has 7 nitrogen and oxygen atoms in total. The summed E-state index contributed by atoms with van der Waals surface area (Å²) in [7, 11) is 2.90. The Kier molecular flexibility index (Phi) is 6.71. The molecule has 1 aromatic rings. The van der Waals surface area contributed by atoms with E-state index >= 15 is 0 Å². The molecule has 0 radical (unpaired) electrons. The van der Waals surface area contributed by atoms with Crippen LogP contribution >= 0.6 is 0 Å². The summed E-state index contributed by atoms with van der Waals surface area (Å²) in [5.74, 6) is -0.688. The molecule has 1 aromatic carbocycles. The van der Waals surface area contributed by atoms with Gasteiger partial charge in [0.05, 0.1) is 14.2 Å². The van der Waals surface area contributed by atoms with E-state index in [9.17, 15) is 14.4 Å². The van der Waals surface area contributed by atoms with Gasteiger partial charge in [-0.2, -0.15) is 0 Å². The van der Waals surface area contributed by atoms with Crippen molar-refractivity contribution in [2.45, 2.75) is 26.8 Å². The van der Waals surface area contributed by atoms with Crippen molar-refractivity contribution in [2.24, 2.45) is 0 Å². The minimum Gasteiger partial charge on any atom is -0.453 e. The van der Waals surface area contributed by atoms with Gasteiger partial charge >= 0.3 is 6.09 Å². The molecular formula is C16H24N3O4+. The quantitative estimate of drug-likeness (QED) is 0.713. The number of carbonyl (C=O) groups excluding carboxylic acids is 3. The summed E-state index contributed by atoms with van der Waals surface area (Å²) in [6, 6.07) is 5.20. The Bertz CT molecular complexity index is 581. The number of amides is 3. The van der Waals surface area contributed by atoms with Crippen LogP contribution in [0.15, 0.2) is 18.2 Å². The van der Waals surface area contributed by atoms with Crippen LogP contribution in [-0.2, 0) is 14.3 Å². The van der Waals surface area contributed by atoms with Crippen LogP contribution in [0.4, 0.5) is 10.5 Å². The van der Waals surface area contributed by atoms with Crippen LogP contribution < -0.4 is 15.5 Å². The van der Waals surface area contributed by atoms with Gasteiger partial charge in [0, 0.05) is 5.69 Å². The number of methoxy groups -OCH3 is 1. The molecule has 0 bridgehead atoms. The number of hydrogen-bond donors (Lipinski definition) is 3. The molecule has 0 saturated heterocycles. The van der Waals surface area contributed by atoms with Gasteiger partial charge in [-0.1, -0.05) is 18.2 Å². The largest absolute Gasteiger partial charge is 0.453 e. The molecule has 0 heterocycles. The molecule has 3 N–H and O–H groups in total. The van der Waals surface area contributed by atoms with E-state index in [4.69, 9.17) is 0 Å². The fourth-order valence-electron chi connectivity index (χ4n) is 2.09. The first-order valence-corrected chi connectivity index (χ1v) is 7.33. The number of para-hydroxylation sites is 1. The van der Waals surface area contributed by atoms with Gasteiger partial charge in [-0.15, -0.1) is 0 Å². The van der Waals surface area contributed by atoms with Gasteiger partial charge in [0.2, 0.25) is 0 Å². The highest BCUT2D eigenvalue weighted by Gasteiger charge is 2.25. The summed E-state index contributed by atoms with van der Waals surface area (Å²) in [6.45, 7) is 5.58. The summed E-state index contributed by atoms with van der Waals surface area (Å²) >= 11 is 0. The van der Waals surface area contributed by atoms with E-state index in [0.717, 1.165) is 16.8 Å². The molecule has 0 spiro atoms. The van der Waals surface area contributed by atoms with E-state index in [1.54, 1.807) is 14.0 Å². The number of likely N-dealkylation sites (N-methyl/N-ethyl adjacent to an activating group) is 1. The van der Waals surface area contributed by atoms with Gasteiger partial charge in [0.1, 0.15) is 0 Å². The van der Waals surface area contributed by atoms with Crippen molar-refractivity contribution in [3.8, 4) is 0 Å². The van der Waals surface area contributed by atoms with Gasteiger partial charge in [-0.25, -0.2) is 4.79 Å². The highest BCUT2D eigenvalue weighted by molar-refractivity contribution is 5.95. The van der Waals surface area contributed by atoms with Crippen LogP contribution in [0, 0.1) is 13.8 Å². The minimum absolute atomic E-state index is 0.101. The third kappa shape index (κ3) is 5.37. The van der Waals surface area contributed by atoms with Crippen LogP contribution in [0.1, 0.15) is 18.1 Å². The number of carbonyl (C=O) groups is 3. The maximum absolute atomic E-state index is 12.2. The number of imide groups is 1. The maximum atomic E-state index is 12.2. The van der Waals surface area contributed by atoms with E-state index in [0.29, 0.717) is 4.90 Å².